The van der Waals surface area contributed by atoms with E-state index in [1.807, 2.05) is 18.0 Å². The van der Waals surface area contributed by atoms with E-state index in [1.165, 1.54) is 73.9 Å². The maximum Gasteiger partial charge on any atom is 0.339 e. The normalized spacial score (nSPS) is 18.8. The molecule has 0 aliphatic heterocycles. The highest BCUT2D eigenvalue weighted by molar-refractivity contribution is 7.99. The minimum absolute atomic E-state index is 0.0695. The second-order valence-corrected chi connectivity index (χ2v) is 12.1. The Morgan fingerprint density at radius 2 is 1.81 bits per heavy atom. The fourth-order valence-corrected chi connectivity index (χ4v) is 6.03. The van der Waals surface area contributed by atoms with Gasteiger partial charge in [-0.05, 0) is 72.3 Å². The number of hydrogen-bond acceptors (Lipinski definition) is 3. The molecule has 31 heavy (non-hydrogen) atoms. The van der Waals surface area contributed by atoms with E-state index in [9.17, 15) is 4.79 Å². The predicted molar refractivity (Wildman–Crippen MR) is 130 cm³/mol. The van der Waals surface area contributed by atoms with Gasteiger partial charge in [0, 0.05) is 17.1 Å². The number of esters is 1. The van der Waals surface area contributed by atoms with Crippen LogP contribution in [0.15, 0.2) is 29.4 Å². The first-order chi connectivity index (χ1) is 14.6. The number of rotatable bonds is 5. The molecule has 0 radical (unpaired) electrons. The summed E-state index contributed by atoms with van der Waals surface area (Å²) < 4.78 is 7.38. The Balaban J connectivity index is 1.85. The lowest BCUT2D eigenvalue weighted by atomic mass is 9.83. The van der Waals surface area contributed by atoms with Crippen LogP contribution in [0, 0.1) is 6.92 Å². The molecule has 1 heterocycles. The van der Waals surface area contributed by atoms with Crippen molar-refractivity contribution in [2.75, 3.05) is 7.11 Å². The minimum atomic E-state index is -0.247. The molecule has 3 nitrogen and oxygen atoms in total. The molecule has 2 saturated carbocycles. The summed E-state index contributed by atoms with van der Waals surface area (Å²) in [7, 11) is 1.47. The predicted octanol–water partition coefficient (Wildman–Crippen LogP) is 7.35. The molecule has 2 fully saturated rings. The lowest BCUT2D eigenvalue weighted by Crippen LogP contribution is -2.15. The Kier molecular flexibility index (Phi) is 6.06. The molecule has 0 saturated heterocycles. The zero-order valence-corrected chi connectivity index (χ0v) is 20.8. The van der Waals surface area contributed by atoms with Crippen LogP contribution < -0.4 is 0 Å². The smallest absolute Gasteiger partial charge is 0.339 e. The molecule has 1 aromatic heterocycles. The van der Waals surface area contributed by atoms with Gasteiger partial charge in [0.2, 0.25) is 0 Å². The van der Waals surface area contributed by atoms with Crippen molar-refractivity contribution in [3.8, 4) is 5.69 Å². The number of nitrogens with zero attached hydrogens (tertiary/aromatic N) is 1. The van der Waals surface area contributed by atoms with Gasteiger partial charge in [0.05, 0.1) is 17.7 Å². The van der Waals surface area contributed by atoms with Crippen LogP contribution in [0.3, 0.4) is 0 Å². The van der Waals surface area contributed by atoms with Crippen molar-refractivity contribution in [2.45, 2.75) is 101 Å². The molecular formula is C27H37NO2S. The maximum absolute atomic E-state index is 12.5. The van der Waals surface area contributed by atoms with Gasteiger partial charge in [-0.25, -0.2) is 4.79 Å². The van der Waals surface area contributed by atoms with Crippen molar-refractivity contribution >= 4 is 17.7 Å². The van der Waals surface area contributed by atoms with Crippen LogP contribution >= 0.6 is 11.8 Å². The third kappa shape index (κ3) is 4.60. The molecule has 2 aliphatic carbocycles. The van der Waals surface area contributed by atoms with Crippen molar-refractivity contribution < 1.29 is 9.53 Å². The molecule has 4 heteroatoms. The van der Waals surface area contributed by atoms with Gasteiger partial charge in [0.15, 0.2) is 0 Å². The van der Waals surface area contributed by atoms with Gasteiger partial charge in [-0.3, -0.25) is 0 Å². The lowest BCUT2D eigenvalue weighted by molar-refractivity contribution is 0.0600. The molecule has 0 N–H and O–H groups in total. The van der Waals surface area contributed by atoms with Gasteiger partial charge in [0.25, 0.3) is 0 Å². The van der Waals surface area contributed by atoms with Gasteiger partial charge in [0.1, 0.15) is 0 Å². The molecule has 0 amide bonds. The first-order valence-corrected chi connectivity index (χ1v) is 12.6. The van der Waals surface area contributed by atoms with Crippen LogP contribution in [0.4, 0.5) is 0 Å². The van der Waals surface area contributed by atoms with E-state index in [0.29, 0.717) is 16.2 Å². The first kappa shape index (κ1) is 22.5. The Hall–Kier alpha value is -1.68. The Morgan fingerprint density at radius 1 is 1.13 bits per heavy atom. The number of ether oxygens (including phenoxy) is 1. The van der Waals surface area contributed by atoms with E-state index in [2.05, 4.69) is 57.4 Å². The molecule has 1 aromatic carbocycles. The van der Waals surface area contributed by atoms with Crippen molar-refractivity contribution in [2.24, 2.45) is 0 Å². The van der Waals surface area contributed by atoms with Crippen LogP contribution in [0.25, 0.3) is 5.69 Å². The second kappa shape index (κ2) is 8.35. The first-order valence-electron chi connectivity index (χ1n) is 11.8. The Labute approximate surface area is 191 Å². The highest BCUT2D eigenvalue weighted by Crippen LogP contribution is 2.49. The van der Waals surface area contributed by atoms with Crippen LogP contribution in [0.5, 0.6) is 0 Å². The fourth-order valence-electron chi connectivity index (χ4n) is 4.58. The monoisotopic (exact) mass is 439 g/mol. The summed E-state index contributed by atoms with van der Waals surface area (Å²) >= 11 is 1.96. The number of aromatic nitrogens is 1. The minimum Gasteiger partial charge on any atom is -0.465 e. The highest BCUT2D eigenvalue weighted by atomic mass is 32.2. The Morgan fingerprint density at radius 3 is 2.39 bits per heavy atom. The Bertz CT molecular complexity index is 948. The van der Waals surface area contributed by atoms with Gasteiger partial charge in [-0.15, -0.1) is 11.8 Å². The molecular weight excluding hydrogens is 402 g/mol. The van der Waals surface area contributed by atoms with Gasteiger partial charge < -0.3 is 9.30 Å². The number of hydrogen-bond donors (Lipinski definition) is 0. The average molecular weight is 440 g/mol. The van der Waals surface area contributed by atoms with E-state index in [4.69, 9.17) is 4.74 Å². The third-order valence-electron chi connectivity index (χ3n) is 7.20. The molecule has 2 aromatic rings. The zero-order chi connectivity index (χ0) is 22.4. The fraction of sp³-hybridized carbons (Fsp3) is 0.593. The van der Waals surface area contributed by atoms with Crippen molar-refractivity contribution in [1.82, 2.24) is 4.57 Å². The number of thioether (sulfide) groups is 1. The molecule has 0 atom stereocenters. The van der Waals surface area contributed by atoms with Crippen LogP contribution in [-0.4, -0.2) is 22.9 Å². The SMILES string of the molecule is COC(=O)c1cn(-c2cc(C(C)(C)C)cc(C3(C)CC3)c2)c(SC2CCCCC2)c1C. The topological polar surface area (TPSA) is 31.2 Å². The molecule has 0 unspecified atom stereocenters. The summed E-state index contributed by atoms with van der Waals surface area (Å²) in [6.07, 6.45) is 11.0. The number of methoxy groups -OCH3 is 1. The number of benzene rings is 1. The molecule has 168 valence electrons. The summed E-state index contributed by atoms with van der Waals surface area (Å²) in [5, 5.41) is 1.82. The van der Waals surface area contributed by atoms with Crippen molar-refractivity contribution in [3.05, 3.63) is 46.6 Å². The summed E-state index contributed by atoms with van der Waals surface area (Å²) in [5.41, 5.74) is 6.04. The molecule has 4 rings (SSSR count). The largest absolute Gasteiger partial charge is 0.465 e. The quantitative estimate of drug-likeness (QED) is 0.456. The van der Waals surface area contributed by atoms with Crippen LogP contribution in [-0.2, 0) is 15.6 Å². The third-order valence-corrected chi connectivity index (χ3v) is 8.73. The maximum atomic E-state index is 12.5. The summed E-state index contributed by atoms with van der Waals surface area (Å²) in [5.74, 6) is -0.247. The number of carbonyl (C=O) groups is 1. The molecule has 2 aliphatic rings. The summed E-state index contributed by atoms with van der Waals surface area (Å²) in [4.78, 5) is 12.5. The average Bonchev–Trinajstić information content (AvgIpc) is 3.42. The second-order valence-electron chi connectivity index (χ2n) is 10.8. The van der Waals surface area contributed by atoms with E-state index in [0.717, 1.165) is 5.56 Å². The van der Waals surface area contributed by atoms with Crippen molar-refractivity contribution in [1.29, 1.82) is 0 Å². The summed E-state index contributed by atoms with van der Waals surface area (Å²) in [6, 6.07) is 7.08. The van der Waals surface area contributed by atoms with Crippen LogP contribution in [0.2, 0.25) is 0 Å². The molecule has 0 bridgehead atoms. The zero-order valence-electron chi connectivity index (χ0n) is 20.0. The van der Waals surface area contributed by atoms with E-state index < -0.39 is 0 Å². The van der Waals surface area contributed by atoms with Crippen LogP contribution in [0.1, 0.15) is 99.7 Å². The standard InChI is InChI=1S/C27H37NO2S/c1-18-23(25(29)30-6)17-28(24(18)31-22-10-8-7-9-11-22)21-15-19(26(2,3)4)14-20(16-21)27(5)12-13-27/h14-17,22H,7-13H2,1-6H3. The van der Waals surface area contributed by atoms with Gasteiger partial charge in [-0.1, -0.05) is 53.0 Å². The lowest BCUT2D eigenvalue weighted by Gasteiger charge is -2.25. The highest BCUT2D eigenvalue weighted by Gasteiger charge is 2.40. The van der Waals surface area contributed by atoms with Gasteiger partial charge >= 0.3 is 5.97 Å². The van der Waals surface area contributed by atoms with Crippen molar-refractivity contribution in [3.63, 3.8) is 0 Å². The summed E-state index contributed by atoms with van der Waals surface area (Å²) in [6.45, 7) is 11.3. The van der Waals surface area contributed by atoms with E-state index in [-0.39, 0.29) is 11.4 Å². The molecule has 0 spiro atoms. The number of carbonyl (C=O) groups excluding carboxylic acids is 1. The van der Waals surface area contributed by atoms with E-state index >= 15 is 0 Å². The van der Waals surface area contributed by atoms with E-state index in [1.54, 1.807) is 0 Å². The van der Waals surface area contributed by atoms with Gasteiger partial charge in [-0.2, -0.15) is 0 Å².